The number of carboxylic acids is 1. The van der Waals surface area contributed by atoms with Crippen molar-refractivity contribution in [3.05, 3.63) is 0 Å². The van der Waals surface area contributed by atoms with Gasteiger partial charge < -0.3 is 5.11 Å². The average Bonchev–Trinajstić information content (AvgIpc) is 1.87. The van der Waals surface area contributed by atoms with Gasteiger partial charge in [0.05, 0.1) is 0 Å². The van der Waals surface area contributed by atoms with E-state index in [0.29, 0.717) is 5.12 Å². The van der Waals surface area contributed by atoms with Crippen molar-refractivity contribution in [3.8, 4) is 0 Å². The van der Waals surface area contributed by atoms with Crippen molar-refractivity contribution >= 4 is 32.7 Å². The highest BCUT2D eigenvalue weighted by Gasteiger charge is 2.07. The van der Waals surface area contributed by atoms with Gasteiger partial charge in [-0.15, -0.1) is 0 Å². The molecule has 1 rings (SSSR count). The van der Waals surface area contributed by atoms with Crippen LogP contribution in [0.5, 0.6) is 0 Å². The molecule has 0 atom stereocenters. The highest BCUT2D eigenvalue weighted by molar-refractivity contribution is 8.82. The molecule has 0 aromatic rings. The Labute approximate surface area is 73.3 Å². The molecule has 0 amide bonds. The number of carboxylic acid groups (broad SMARTS) is 1. The summed E-state index contributed by atoms with van der Waals surface area (Å²) in [6.07, 6.45) is 1.87. The van der Waals surface area contributed by atoms with Crippen LogP contribution in [0.3, 0.4) is 0 Å². The van der Waals surface area contributed by atoms with Gasteiger partial charge in [-0.3, -0.25) is 9.59 Å². The van der Waals surface area contributed by atoms with Crippen molar-refractivity contribution in [2.24, 2.45) is 0 Å². The molecule has 0 bridgehead atoms. The third-order valence-electron chi connectivity index (χ3n) is 0.760. The molecule has 1 saturated heterocycles. The van der Waals surface area contributed by atoms with E-state index in [9.17, 15) is 4.79 Å². The molecule has 0 aromatic carbocycles. The lowest BCUT2D eigenvalue weighted by atomic mass is 10.4. The first kappa shape index (κ1) is 10.8. The predicted octanol–water partition coefficient (Wildman–Crippen LogP) is 1.78. The van der Waals surface area contributed by atoms with Gasteiger partial charge >= 0.3 is 0 Å². The van der Waals surface area contributed by atoms with Crippen LogP contribution in [0.15, 0.2) is 0 Å². The summed E-state index contributed by atoms with van der Waals surface area (Å²) in [4.78, 5) is 19.4. The topological polar surface area (TPSA) is 54.4 Å². The van der Waals surface area contributed by atoms with Crippen LogP contribution in [0.25, 0.3) is 0 Å². The summed E-state index contributed by atoms with van der Waals surface area (Å²) in [7, 11) is 3.07. The maximum Gasteiger partial charge on any atom is 0.300 e. The zero-order valence-electron chi connectivity index (χ0n) is 6.20. The summed E-state index contributed by atoms with van der Waals surface area (Å²) < 4.78 is 0. The van der Waals surface area contributed by atoms with Gasteiger partial charge in [0.15, 0.2) is 5.12 Å². The second-order valence-electron chi connectivity index (χ2n) is 1.90. The molecule has 0 spiro atoms. The van der Waals surface area contributed by atoms with E-state index in [2.05, 4.69) is 0 Å². The van der Waals surface area contributed by atoms with Crippen molar-refractivity contribution in [2.75, 3.05) is 5.75 Å². The molecule has 5 heteroatoms. The van der Waals surface area contributed by atoms with Crippen LogP contribution in [0.2, 0.25) is 0 Å². The first-order valence-corrected chi connectivity index (χ1v) is 5.46. The molecular formula is C6H10O3S2. The van der Waals surface area contributed by atoms with Crippen molar-refractivity contribution in [3.63, 3.8) is 0 Å². The Morgan fingerprint density at radius 3 is 2.36 bits per heavy atom. The van der Waals surface area contributed by atoms with Gasteiger partial charge in [-0.25, -0.2) is 0 Å². The van der Waals surface area contributed by atoms with Crippen molar-refractivity contribution in [1.82, 2.24) is 0 Å². The molecule has 11 heavy (non-hydrogen) atoms. The van der Waals surface area contributed by atoms with E-state index < -0.39 is 5.97 Å². The maximum atomic E-state index is 10.4. The minimum Gasteiger partial charge on any atom is -0.481 e. The number of carbonyl (C=O) groups excluding carboxylic acids is 1. The molecule has 1 aliphatic rings. The highest BCUT2D eigenvalue weighted by atomic mass is 33.1. The van der Waals surface area contributed by atoms with Gasteiger partial charge in [0.2, 0.25) is 0 Å². The molecule has 64 valence electrons. The quantitative estimate of drug-likeness (QED) is 0.596. The summed E-state index contributed by atoms with van der Waals surface area (Å²) in [6.45, 7) is 1.08. The SMILES string of the molecule is CC(=O)O.O=C1CCCSS1. The van der Waals surface area contributed by atoms with Crippen LogP contribution in [-0.2, 0) is 9.59 Å². The predicted molar refractivity (Wildman–Crippen MR) is 47.6 cm³/mol. The van der Waals surface area contributed by atoms with Gasteiger partial charge in [-0.2, -0.15) is 0 Å². The monoisotopic (exact) mass is 194 g/mol. The number of hydrogen-bond acceptors (Lipinski definition) is 4. The Kier molecular flexibility index (Phi) is 6.45. The Morgan fingerprint density at radius 1 is 1.64 bits per heavy atom. The van der Waals surface area contributed by atoms with Crippen LogP contribution in [0, 0.1) is 0 Å². The van der Waals surface area contributed by atoms with E-state index in [0.717, 1.165) is 25.5 Å². The number of hydrogen-bond donors (Lipinski definition) is 1. The van der Waals surface area contributed by atoms with Gasteiger partial charge in [-0.05, 0) is 17.2 Å². The third kappa shape index (κ3) is 9.84. The third-order valence-corrected chi connectivity index (χ3v) is 3.13. The lowest BCUT2D eigenvalue weighted by molar-refractivity contribution is -0.134. The molecule has 1 fully saturated rings. The van der Waals surface area contributed by atoms with Crippen LogP contribution >= 0.6 is 21.6 Å². The summed E-state index contributed by atoms with van der Waals surface area (Å²) in [5.74, 6) is 0.316. The molecule has 1 heterocycles. The summed E-state index contributed by atoms with van der Waals surface area (Å²) in [5.41, 5.74) is 0. The Balaban J connectivity index is 0.000000218. The normalized spacial score (nSPS) is 16.6. The number of aliphatic carboxylic acids is 1. The zero-order chi connectivity index (χ0) is 8.69. The van der Waals surface area contributed by atoms with Crippen molar-refractivity contribution in [2.45, 2.75) is 19.8 Å². The van der Waals surface area contributed by atoms with E-state index in [1.54, 1.807) is 10.8 Å². The van der Waals surface area contributed by atoms with E-state index in [1.807, 2.05) is 0 Å². The minimum absolute atomic E-state index is 0.344. The van der Waals surface area contributed by atoms with Crippen LogP contribution in [0.1, 0.15) is 19.8 Å². The fourth-order valence-corrected chi connectivity index (χ4v) is 2.38. The summed E-state index contributed by atoms with van der Waals surface area (Å²) in [5, 5.41) is 7.76. The van der Waals surface area contributed by atoms with Gasteiger partial charge in [0.25, 0.3) is 5.97 Å². The molecule has 0 saturated carbocycles. The Bertz CT molecular complexity index is 135. The smallest absolute Gasteiger partial charge is 0.300 e. The summed E-state index contributed by atoms with van der Waals surface area (Å²) in [6, 6.07) is 0. The molecule has 0 aliphatic carbocycles. The van der Waals surface area contributed by atoms with Gasteiger partial charge in [0.1, 0.15) is 0 Å². The Hall–Kier alpha value is -0.160. The summed E-state index contributed by atoms with van der Waals surface area (Å²) >= 11 is 0. The highest BCUT2D eigenvalue weighted by Crippen LogP contribution is 2.29. The van der Waals surface area contributed by atoms with E-state index in [4.69, 9.17) is 9.90 Å². The molecule has 0 unspecified atom stereocenters. The lowest BCUT2D eigenvalue weighted by Crippen LogP contribution is -1.95. The fraction of sp³-hybridized carbons (Fsp3) is 0.667. The van der Waals surface area contributed by atoms with Crippen molar-refractivity contribution < 1.29 is 14.7 Å². The molecular weight excluding hydrogens is 184 g/mol. The molecule has 0 aromatic heterocycles. The van der Waals surface area contributed by atoms with E-state index >= 15 is 0 Å². The second-order valence-corrected chi connectivity index (χ2v) is 4.37. The minimum atomic E-state index is -0.833. The number of carbonyl (C=O) groups is 2. The van der Waals surface area contributed by atoms with Crippen LogP contribution < -0.4 is 0 Å². The standard InChI is InChI=1S/C4H6OS2.C2H4O2/c5-4-2-1-3-6-7-4;1-2(3)4/h1-3H2;1H3,(H,3,4). The van der Waals surface area contributed by atoms with Crippen LogP contribution in [0.4, 0.5) is 0 Å². The van der Waals surface area contributed by atoms with Crippen LogP contribution in [-0.4, -0.2) is 21.9 Å². The second kappa shape index (κ2) is 6.54. The fourth-order valence-electron chi connectivity index (χ4n) is 0.424. The first-order chi connectivity index (χ1) is 5.13. The maximum absolute atomic E-state index is 10.4. The molecule has 3 nitrogen and oxygen atoms in total. The largest absolute Gasteiger partial charge is 0.481 e. The van der Waals surface area contributed by atoms with Gasteiger partial charge in [-0.1, -0.05) is 10.8 Å². The van der Waals surface area contributed by atoms with Crippen molar-refractivity contribution in [1.29, 1.82) is 0 Å². The Morgan fingerprint density at radius 2 is 2.18 bits per heavy atom. The lowest BCUT2D eigenvalue weighted by Gasteiger charge is -2.03. The van der Waals surface area contributed by atoms with Gasteiger partial charge in [0, 0.05) is 19.1 Å². The zero-order valence-corrected chi connectivity index (χ0v) is 7.83. The molecule has 1 aliphatic heterocycles. The molecule has 0 radical (unpaired) electrons. The van der Waals surface area contributed by atoms with E-state index in [1.165, 1.54) is 10.8 Å². The van der Waals surface area contributed by atoms with E-state index in [-0.39, 0.29) is 0 Å². The first-order valence-electron chi connectivity index (χ1n) is 3.14. The molecule has 1 N–H and O–H groups in total. The average molecular weight is 194 g/mol. The number of rotatable bonds is 0.